The van der Waals surface area contributed by atoms with Crippen LogP contribution in [0, 0.1) is 0 Å². The molecule has 3 rings (SSSR count). The molecule has 1 N–H and O–H groups in total. The van der Waals surface area contributed by atoms with E-state index in [4.69, 9.17) is 4.42 Å². The third kappa shape index (κ3) is 3.45. The Labute approximate surface area is 132 Å². The number of fused-ring (bicyclic) bond motifs is 1. The number of rotatable bonds is 5. The van der Waals surface area contributed by atoms with E-state index >= 15 is 0 Å². The second kappa shape index (κ2) is 6.31. The number of hydrogen-bond donors (Lipinski definition) is 1. The molecule has 21 heavy (non-hydrogen) atoms. The molecule has 3 nitrogen and oxygen atoms in total. The molecular formula is C17H17BrN2O. The summed E-state index contributed by atoms with van der Waals surface area (Å²) in [7, 11) is 0. The Kier molecular flexibility index (Phi) is 4.25. The number of nitrogens with one attached hydrogen (secondary N) is 1. The summed E-state index contributed by atoms with van der Waals surface area (Å²) in [6, 6.07) is 12.6. The Balaban J connectivity index is 1.72. The quantitative estimate of drug-likeness (QED) is 0.705. The maximum atomic E-state index is 5.37. The summed E-state index contributed by atoms with van der Waals surface area (Å²) in [5.74, 6) is 1.03. The number of halogens is 1. The second-order valence-corrected chi connectivity index (χ2v) is 6.11. The van der Waals surface area contributed by atoms with Crippen LogP contribution in [0.25, 0.3) is 10.9 Å². The van der Waals surface area contributed by atoms with Crippen LogP contribution in [0.15, 0.2) is 57.7 Å². The lowest BCUT2D eigenvalue weighted by molar-refractivity contribution is 0.495. The first kappa shape index (κ1) is 14.1. The molecular weight excluding hydrogens is 328 g/mol. The minimum absolute atomic E-state index is 0.353. The van der Waals surface area contributed by atoms with E-state index in [2.05, 4.69) is 57.4 Å². The predicted molar refractivity (Wildman–Crippen MR) is 89.6 cm³/mol. The van der Waals surface area contributed by atoms with Crippen LogP contribution >= 0.6 is 15.9 Å². The lowest BCUT2D eigenvalue weighted by Crippen LogP contribution is -2.16. The number of pyridine rings is 1. The first-order valence-corrected chi connectivity index (χ1v) is 7.85. The van der Waals surface area contributed by atoms with E-state index < -0.39 is 0 Å². The molecule has 1 unspecified atom stereocenters. The summed E-state index contributed by atoms with van der Waals surface area (Å²) >= 11 is 3.46. The van der Waals surface area contributed by atoms with Gasteiger partial charge >= 0.3 is 0 Å². The van der Waals surface area contributed by atoms with E-state index in [-0.39, 0.29) is 0 Å². The van der Waals surface area contributed by atoms with E-state index in [9.17, 15) is 0 Å². The lowest BCUT2D eigenvalue weighted by Gasteiger charge is -2.16. The van der Waals surface area contributed by atoms with Crippen LogP contribution in [0.4, 0.5) is 5.69 Å². The molecule has 108 valence electrons. The van der Waals surface area contributed by atoms with Gasteiger partial charge in [-0.1, -0.05) is 12.1 Å². The molecule has 0 amide bonds. The van der Waals surface area contributed by atoms with Crippen LogP contribution < -0.4 is 5.32 Å². The van der Waals surface area contributed by atoms with Crippen molar-refractivity contribution in [2.24, 2.45) is 0 Å². The van der Waals surface area contributed by atoms with Crippen LogP contribution in [0.1, 0.15) is 19.1 Å². The summed E-state index contributed by atoms with van der Waals surface area (Å²) in [4.78, 5) is 4.52. The minimum Gasteiger partial charge on any atom is -0.469 e. The Morgan fingerprint density at radius 3 is 3.00 bits per heavy atom. The standard InChI is InChI=1S/C17H17BrN2O/c1-12(7-8-15-5-3-9-21-15)20-16-6-2-4-13-10-14(18)11-19-17(13)16/h2-6,9-12,20H,7-8H2,1H3. The third-order valence-corrected chi connectivity index (χ3v) is 3.92. The molecule has 0 fully saturated rings. The van der Waals surface area contributed by atoms with Crippen LogP contribution in [0.5, 0.6) is 0 Å². The summed E-state index contributed by atoms with van der Waals surface area (Å²) in [6.45, 7) is 2.18. The van der Waals surface area contributed by atoms with Crippen molar-refractivity contribution in [1.82, 2.24) is 4.98 Å². The van der Waals surface area contributed by atoms with Gasteiger partial charge in [0.05, 0.1) is 17.5 Å². The Bertz CT molecular complexity index is 725. The Morgan fingerprint density at radius 1 is 1.29 bits per heavy atom. The zero-order chi connectivity index (χ0) is 14.7. The molecule has 0 saturated heterocycles. The molecule has 2 heterocycles. The number of aryl methyl sites for hydroxylation is 1. The lowest BCUT2D eigenvalue weighted by atomic mass is 10.1. The maximum Gasteiger partial charge on any atom is 0.103 e. The van der Waals surface area contributed by atoms with Gasteiger partial charge in [-0.15, -0.1) is 0 Å². The first-order chi connectivity index (χ1) is 10.2. The summed E-state index contributed by atoms with van der Waals surface area (Å²) in [5, 5.41) is 4.68. The highest BCUT2D eigenvalue weighted by Crippen LogP contribution is 2.24. The largest absolute Gasteiger partial charge is 0.469 e. The summed E-state index contributed by atoms with van der Waals surface area (Å²) < 4.78 is 6.37. The fourth-order valence-electron chi connectivity index (χ4n) is 2.40. The molecule has 0 bridgehead atoms. The van der Waals surface area contributed by atoms with Gasteiger partial charge in [0.25, 0.3) is 0 Å². The van der Waals surface area contributed by atoms with Crippen molar-refractivity contribution in [2.45, 2.75) is 25.8 Å². The minimum atomic E-state index is 0.353. The predicted octanol–water partition coefficient (Wildman–Crippen LogP) is 5.02. The van der Waals surface area contributed by atoms with Gasteiger partial charge in [0.2, 0.25) is 0 Å². The summed E-state index contributed by atoms with van der Waals surface area (Å²) in [5.41, 5.74) is 2.08. The van der Waals surface area contributed by atoms with E-state index in [1.807, 2.05) is 18.3 Å². The van der Waals surface area contributed by atoms with Crippen molar-refractivity contribution in [1.29, 1.82) is 0 Å². The number of para-hydroxylation sites is 1. The van der Waals surface area contributed by atoms with Crippen LogP contribution in [-0.4, -0.2) is 11.0 Å². The molecule has 3 aromatic rings. The molecule has 0 aliphatic rings. The molecule has 0 saturated carbocycles. The van der Waals surface area contributed by atoms with Crippen molar-refractivity contribution < 1.29 is 4.42 Å². The normalized spacial score (nSPS) is 12.5. The molecule has 1 aromatic carbocycles. The van der Waals surface area contributed by atoms with Crippen LogP contribution in [0.3, 0.4) is 0 Å². The smallest absolute Gasteiger partial charge is 0.103 e. The van der Waals surface area contributed by atoms with Crippen molar-refractivity contribution in [3.63, 3.8) is 0 Å². The van der Waals surface area contributed by atoms with E-state index in [0.29, 0.717) is 6.04 Å². The van der Waals surface area contributed by atoms with Crippen molar-refractivity contribution in [2.75, 3.05) is 5.32 Å². The highest BCUT2D eigenvalue weighted by Gasteiger charge is 2.08. The zero-order valence-corrected chi connectivity index (χ0v) is 13.4. The maximum absolute atomic E-state index is 5.37. The molecule has 0 radical (unpaired) electrons. The number of furan rings is 1. The number of nitrogens with zero attached hydrogens (tertiary/aromatic N) is 1. The molecule has 4 heteroatoms. The number of benzene rings is 1. The summed E-state index contributed by atoms with van der Waals surface area (Å²) in [6.07, 6.45) is 5.51. The fraction of sp³-hybridized carbons (Fsp3) is 0.235. The van der Waals surface area contributed by atoms with E-state index in [0.717, 1.165) is 39.7 Å². The van der Waals surface area contributed by atoms with Gasteiger partial charge in [-0.25, -0.2) is 0 Å². The number of aromatic nitrogens is 1. The van der Waals surface area contributed by atoms with Crippen LogP contribution in [-0.2, 0) is 6.42 Å². The van der Waals surface area contributed by atoms with Gasteiger partial charge in [-0.3, -0.25) is 4.98 Å². The molecule has 2 aromatic heterocycles. The first-order valence-electron chi connectivity index (χ1n) is 7.05. The van der Waals surface area contributed by atoms with Gasteiger partial charge in [0, 0.05) is 28.5 Å². The van der Waals surface area contributed by atoms with Gasteiger partial charge in [0.15, 0.2) is 0 Å². The molecule has 0 spiro atoms. The van der Waals surface area contributed by atoms with Gasteiger partial charge < -0.3 is 9.73 Å². The molecule has 0 aliphatic heterocycles. The zero-order valence-electron chi connectivity index (χ0n) is 11.8. The molecule has 0 aliphatic carbocycles. The molecule has 1 atom stereocenters. The van der Waals surface area contributed by atoms with Gasteiger partial charge in [-0.2, -0.15) is 0 Å². The Morgan fingerprint density at radius 2 is 2.19 bits per heavy atom. The van der Waals surface area contributed by atoms with Crippen molar-refractivity contribution >= 4 is 32.5 Å². The van der Waals surface area contributed by atoms with Crippen LogP contribution in [0.2, 0.25) is 0 Å². The SMILES string of the molecule is CC(CCc1ccco1)Nc1cccc2cc(Br)cnc12. The number of hydrogen-bond acceptors (Lipinski definition) is 3. The van der Waals surface area contributed by atoms with E-state index in [1.54, 1.807) is 6.26 Å². The van der Waals surface area contributed by atoms with E-state index in [1.165, 1.54) is 0 Å². The average molecular weight is 345 g/mol. The average Bonchev–Trinajstić information content (AvgIpc) is 2.98. The van der Waals surface area contributed by atoms with Crippen molar-refractivity contribution in [3.8, 4) is 0 Å². The van der Waals surface area contributed by atoms with Crippen molar-refractivity contribution in [3.05, 3.63) is 59.1 Å². The Hall–Kier alpha value is -1.81. The van der Waals surface area contributed by atoms with Gasteiger partial charge in [0.1, 0.15) is 5.76 Å². The topological polar surface area (TPSA) is 38.1 Å². The number of anilines is 1. The second-order valence-electron chi connectivity index (χ2n) is 5.19. The highest BCUT2D eigenvalue weighted by atomic mass is 79.9. The van der Waals surface area contributed by atoms with Gasteiger partial charge in [-0.05, 0) is 53.5 Å². The fourth-order valence-corrected chi connectivity index (χ4v) is 2.75. The monoisotopic (exact) mass is 344 g/mol. The third-order valence-electron chi connectivity index (χ3n) is 3.48. The highest BCUT2D eigenvalue weighted by molar-refractivity contribution is 9.10.